The molecule has 3 fully saturated rings. The Hall–Kier alpha value is -0.0800. The molecule has 0 amide bonds. The number of likely N-dealkylation sites (tertiary alicyclic amines) is 2. The minimum Gasteiger partial charge on any atom is -0.355 e. The van der Waals surface area contributed by atoms with Gasteiger partial charge in [0.05, 0.1) is 0 Å². The minimum atomic E-state index is 0. The summed E-state index contributed by atoms with van der Waals surface area (Å²) < 4.78 is 0. The Kier molecular flexibility index (Phi) is 9.27. The lowest BCUT2D eigenvalue weighted by Gasteiger charge is -2.28. The van der Waals surface area contributed by atoms with Crippen molar-refractivity contribution in [2.75, 3.05) is 39.8 Å². The van der Waals surface area contributed by atoms with Crippen molar-refractivity contribution in [2.24, 2.45) is 4.99 Å². The first kappa shape index (κ1) is 21.2. The van der Waals surface area contributed by atoms with Crippen molar-refractivity contribution in [3.8, 4) is 0 Å². The highest BCUT2D eigenvalue weighted by Crippen LogP contribution is 2.26. The van der Waals surface area contributed by atoms with Gasteiger partial charge in [0.15, 0.2) is 5.96 Å². The van der Waals surface area contributed by atoms with Crippen molar-refractivity contribution in [3.05, 3.63) is 0 Å². The Labute approximate surface area is 171 Å². The van der Waals surface area contributed by atoms with Crippen LogP contribution in [-0.4, -0.2) is 73.7 Å². The molecule has 146 valence electrons. The van der Waals surface area contributed by atoms with Crippen LogP contribution in [0.1, 0.15) is 58.3 Å². The summed E-state index contributed by atoms with van der Waals surface area (Å²) in [4.78, 5) is 9.81. The Morgan fingerprint density at radius 3 is 2.44 bits per heavy atom. The highest BCUT2D eigenvalue weighted by atomic mass is 127. The van der Waals surface area contributed by atoms with E-state index in [4.69, 9.17) is 0 Å². The molecule has 0 aromatic carbocycles. The minimum absolute atomic E-state index is 0. The van der Waals surface area contributed by atoms with Crippen molar-refractivity contribution < 1.29 is 0 Å². The third-order valence-corrected chi connectivity index (χ3v) is 6.26. The summed E-state index contributed by atoms with van der Waals surface area (Å²) >= 11 is 0. The molecular formula is C19H38IN5. The largest absolute Gasteiger partial charge is 0.355 e. The molecular weight excluding hydrogens is 425 g/mol. The molecule has 1 aliphatic carbocycles. The molecule has 6 heteroatoms. The zero-order chi connectivity index (χ0) is 16.8. The van der Waals surface area contributed by atoms with Crippen LogP contribution in [0.4, 0.5) is 0 Å². The van der Waals surface area contributed by atoms with Gasteiger partial charge >= 0.3 is 0 Å². The number of nitrogens with one attached hydrogen (secondary N) is 2. The quantitative estimate of drug-likeness (QED) is 0.361. The zero-order valence-corrected chi connectivity index (χ0v) is 18.5. The molecule has 1 saturated carbocycles. The highest BCUT2D eigenvalue weighted by Gasteiger charge is 2.30. The second-order valence-electron chi connectivity index (χ2n) is 7.82. The Morgan fingerprint density at radius 2 is 1.80 bits per heavy atom. The van der Waals surface area contributed by atoms with Gasteiger partial charge in [-0.3, -0.25) is 14.8 Å². The van der Waals surface area contributed by atoms with E-state index in [1.165, 1.54) is 77.5 Å². The van der Waals surface area contributed by atoms with E-state index in [9.17, 15) is 0 Å². The van der Waals surface area contributed by atoms with Crippen LogP contribution in [0.25, 0.3) is 0 Å². The molecule has 0 spiro atoms. The smallest absolute Gasteiger partial charge is 0.191 e. The molecule has 5 nitrogen and oxygen atoms in total. The maximum atomic E-state index is 4.46. The number of hydrogen-bond acceptors (Lipinski definition) is 3. The molecule has 2 atom stereocenters. The predicted molar refractivity (Wildman–Crippen MR) is 117 cm³/mol. The molecule has 2 heterocycles. The predicted octanol–water partition coefficient (Wildman–Crippen LogP) is 2.66. The van der Waals surface area contributed by atoms with Gasteiger partial charge < -0.3 is 10.6 Å². The Bertz CT molecular complexity index is 405. The highest BCUT2D eigenvalue weighted by molar-refractivity contribution is 14.0. The van der Waals surface area contributed by atoms with Crippen LogP contribution in [0.2, 0.25) is 0 Å². The SMILES string of the molecule is CCC(CNC(=NC)NC1CCN(C2CCCC2)C1)N1CCCC1.I. The molecule has 0 aromatic heterocycles. The summed E-state index contributed by atoms with van der Waals surface area (Å²) in [5, 5.41) is 7.26. The maximum absolute atomic E-state index is 4.46. The van der Waals surface area contributed by atoms with E-state index in [-0.39, 0.29) is 24.0 Å². The average Bonchev–Trinajstić information content (AvgIpc) is 3.35. The molecule has 25 heavy (non-hydrogen) atoms. The monoisotopic (exact) mass is 463 g/mol. The van der Waals surface area contributed by atoms with Crippen molar-refractivity contribution >= 4 is 29.9 Å². The molecule has 2 unspecified atom stereocenters. The normalized spacial score (nSPS) is 27.4. The van der Waals surface area contributed by atoms with Gasteiger partial charge in [-0.25, -0.2) is 0 Å². The summed E-state index contributed by atoms with van der Waals surface area (Å²) in [6.07, 6.45) is 10.9. The van der Waals surface area contributed by atoms with Crippen LogP contribution in [-0.2, 0) is 0 Å². The lowest BCUT2D eigenvalue weighted by molar-refractivity contribution is 0.235. The maximum Gasteiger partial charge on any atom is 0.191 e. The van der Waals surface area contributed by atoms with Gasteiger partial charge in [0.2, 0.25) is 0 Å². The number of aliphatic imine (C=N–C) groups is 1. The molecule has 0 aromatic rings. The van der Waals surface area contributed by atoms with Gasteiger partial charge in [0.1, 0.15) is 0 Å². The lowest BCUT2D eigenvalue weighted by Crippen LogP contribution is -2.49. The summed E-state index contributed by atoms with van der Waals surface area (Å²) in [7, 11) is 1.90. The van der Waals surface area contributed by atoms with Gasteiger partial charge in [0.25, 0.3) is 0 Å². The molecule has 0 radical (unpaired) electrons. The summed E-state index contributed by atoms with van der Waals surface area (Å²) in [5.41, 5.74) is 0. The first-order valence-corrected chi connectivity index (χ1v) is 10.3. The van der Waals surface area contributed by atoms with Crippen LogP contribution in [0.5, 0.6) is 0 Å². The van der Waals surface area contributed by atoms with E-state index in [0.29, 0.717) is 12.1 Å². The summed E-state index contributed by atoms with van der Waals surface area (Å²) in [6.45, 7) is 8.29. The Balaban J connectivity index is 0.00000225. The standard InChI is InChI=1S/C19H37N5.HI/c1-3-17(23-11-6-7-12-23)14-21-19(20-2)22-16-10-13-24(15-16)18-8-4-5-9-18;/h16-18H,3-15H2,1-2H3,(H2,20,21,22);1H. The second-order valence-corrected chi connectivity index (χ2v) is 7.82. The van der Waals surface area contributed by atoms with E-state index >= 15 is 0 Å². The fourth-order valence-electron chi connectivity index (χ4n) is 4.75. The van der Waals surface area contributed by atoms with Crippen LogP contribution in [0.3, 0.4) is 0 Å². The van der Waals surface area contributed by atoms with E-state index in [1.54, 1.807) is 0 Å². The van der Waals surface area contributed by atoms with E-state index in [0.717, 1.165) is 18.5 Å². The number of hydrogen-bond donors (Lipinski definition) is 2. The molecule has 2 aliphatic heterocycles. The van der Waals surface area contributed by atoms with E-state index in [2.05, 4.69) is 32.3 Å². The number of rotatable bonds is 6. The Morgan fingerprint density at radius 1 is 1.08 bits per heavy atom. The second kappa shape index (κ2) is 10.9. The third kappa shape index (κ3) is 5.96. The van der Waals surface area contributed by atoms with E-state index in [1.807, 2.05) is 7.05 Å². The third-order valence-electron chi connectivity index (χ3n) is 6.26. The average molecular weight is 463 g/mol. The van der Waals surface area contributed by atoms with Crippen molar-refractivity contribution in [1.29, 1.82) is 0 Å². The molecule has 3 aliphatic rings. The first-order chi connectivity index (χ1) is 11.8. The van der Waals surface area contributed by atoms with Crippen molar-refractivity contribution in [2.45, 2.75) is 76.4 Å². The summed E-state index contributed by atoms with van der Waals surface area (Å²) in [5.74, 6) is 0.992. The van der Waals surface area contributed by atoms with Crippen LogP contribution in [0.15, 0.2) is 4.99 Å². The lowest BCUT2D eigenvalue weighted by atomic mass is 10.2. The van der Waals surface area contributed by atoms with Gasteiger partial charge in [0, 0.05) is 44.8 Å². The zero-order valence-electron chi connectivity index (χ0n) is 16.2. The number of guanidine groups is 1. The first-order valence-electron chi connectivity index (χ1n) is 10.3. The molecule has 2 saturated heterocycles. The topological polar surface area (TPSA) is 42.9 Å². The van der Waals surface area contributed by atoms with Crippen LogP contribution < -0.4 is 10.6 Å². The molecule has 0 bridgehead atoms. The fraction of sp³-hybridized carbons (Fsp3) is 0.947. The summed E-state index contributed by atoms with van der Waals surface area (Å²) in [6, 6.07) is 2.06. The fourth-order valence-corrected chi connectivity index (χ4v) is 4.75. The molecule has 3 rings (SSSR count). The van der Waals surface area contributed by atoms with Gasteiger partial charge in [-0.2, -0.15) is 0 Å². The van der Waals surface area contributed by atoms with Crippen molar-refractivity contribution in [3.63, 3.8) is 0 Å². The van der Waals surface area contributed by atoms with E-state index < -0.39 is 0 Å². The van der Waals surface area contributed by atoms with Gasteiger partial charge in [-0.05, 0) is 51.6 Å². The number of nitrogens with zero attached hydrogens (tertiary/aromatic N) is 3. The van der Waals surface area contributed by atoms with Crippen LogP contribution in [0, 0.1) is 0 Å². The van der Waals surface area contributed by atoms with Gasteiger partial charge in [-0.15, -0.1) is 24.0 Å². The number of halogens is 1. The van der Waals surface area contributed by atoms with Crippen LogP contribution >= 0.6 is 24.0 Å². The van der Waals surface area contributed by atoms with Crippen molar-refractivity contribution in [1.82, 2.24) is 20.4 Å². The van der Waals surface area contributed by atoms with Gasteiger partial charge in [-0.1, -0.05) is 19.8 Å². The molecule has 2 N–H and O–H groups in total.